The van der Waals surface area contributed by atoms with E-state index in [9.17, 15) is 10.1 Å². The third kappa shape index (κ3) is 2.79. The molecule has 1 aromatic rings. The van der Waals surface area contributed by atoms with Crippen LogP contribution in [0.3, 0.4) is 0 Å². The molecule has 0 spiro atoms. The Hall–Kier alpha value is -1.62. The fourth-order valence-corrected chi connectivity index (χ4v) is 2.44. The van der Waals surface area contributed by atoms with Gasteiger partial charge in [-0.25, -0.2) is 0 Å². The zero-order valence-electron chi connectivity index (χ0n) is 10.6. The molecular formula is C13H19N3O2. The Balaban J connectivity index is 2.31. The van der Waals surface area contributed by atoms with Gasteiger partial charge in [0, 0.05) is 25.2 Å². The SMILES string of the molecule is CC(N)Cc1ccc(N2CCCC2)c([N+](=O)[O-])c1. The van der Waals surface area contributed by atoms with Crippen LogP contribution in [0.2, 0.25) is 0 Å². The molecule has 1 heterocycles. The Morgan fingerprint density at radius 3 is 2.67 bits per heavy atom. The minimum Gasteiger partial charge on any atom is -0.366 e. The zero-order chi connectivity index (χ0) is 13.1. The predicted molar refractivity (Wildman–Crippen MR) is 71.9 cm³/mol. The highest BCUT2D eigenvalue weighted by Crippen LogP contribution is 2.31. The van der Waals surface area contributed by atoms with Gasteiger partial charge < -0.3 is 10.6 Å². The molecule has 1 saturated heterocycles. The fraction of sp³-hybridized carbons (Fsp3) is 0.538. The second-order valence-electron chi connectivity index (χ2n) is 4.96. The van der Waals surface area contributed by atoms with Gasteiger partial charge in [0.2, 0.25) is 0 Å². The van der Waals surface area contributed by atoms with Crippen LogP contribution < -0.4 is 10.6 Å². The molecule has 98 valence electrons. The summed E-state index contributed by atoms with van der Waals surface area (Å²) >= 11 is 0. The van der Waals surface area contributed by atoms with Crippen molar-refractivity contribution in [2.45, 2.75) is 32.2 Å². The minimum absolute atomic E-state index is 0.0160. The average molecular weight is 249 g/mol. The van der Waals surface area contributed by atoms with E-state index < -0.39 is 0 Å². The van der Waals surface area contributed by atoms with Crippen LogP contribution in [-0.2, 0) is 6.42 Å². The normalized spacial score (nSPS) is 16.9. The largest absolute Gasteiger partial charge is 0.366 e. The smallest absolute Gasteiger partial charge is 0.292 e. The number of benzene rings is 1. The van der Waals surface area contributed by atoms with Gasteiger partial charge in [-0.15, -0.1) is 0 Å². The van der Waals surface area contributed by atoms with Gasteiger partial charge in [0.1, 0.15) is 5.69 Å². The molecular weight excluding hydrogens is 230 g/mol. The molecule has 1 atom stereocenters. The van der Waals surface area contributed by atoms with E-state index in [0.717, 1.165) is 37.2 Å². The van der Waals surface area contributed by atoms with Gasteiger partial charge in [-0.3, -0.25) is 10.1 Å². The van der Waals surface area contributed by atoms with Crippen LogP contribution >= 0.6 is 0 Å². The van der Waals surface area contributed by atoms with Crippen molar-refractivity contribution in [3.05, 3.63) is 33.9 Å². The molecule has 1 aliphatic rings. The summed E-state index contributed by atoms with van der Waals surface area (Å²) in [4.78, 5) is 13.0. The molecule has 0 saturated carbocycles. The van der Waals surface area contributed by atoms with Crippen molar-refractivity contribution in [2.75, 3.05) is 18.0 Å². The Morgan fingerprint density at radius 1 is 1.44 bits per heavy atom. The Kier molecular flexibility index (Phi) is 3.81. The monoisotopic (exact) mass is 249 g/mol. The first kappa shape index (κ1) is 12.8. The van der Waals surface area contributed by atoms with E-state index >= 15 is 0 Å². The highest BCUT2D eigenvalue weighted by molar-refractivity contribution is 5.64. The molecule has 2 N–H and O–H groups in total. The summed E-state index contributed by atoms with van der Waals surface area (Å²) in [6.45, 7) is 3.72. The number of nitrogens with zero attached hydrogens (tertiary/aromatic N) is 2. The van der Waals surface area contributed by atoms with Crippen LogP contribution in [0.15, 0.2) is 18.2 Å². The molecule has 1 aliphatic heterocycles. The van der Waals surface area contributed by atoms with Crippen molar-refractivity contribution in [3.63, 3.8) is 0 Å². The van der Waals surface area contributed by atoms with Gasteiger partial charge in [-0.2, -0.15) is 0 Å². The average Bonchev–Trinajstić information content (AvgIpc) is 2.81. The summed E-state index contributed by atoms with van der Waals surface area (Å²) in [5, 5.41) is 11.2. The number of hydrogen-bond acceptors (Lipinski definition) is 4. The van der Waals surface area contributed by atoms with Gasteiger partial charge in [0.15, 0.2) is 0 Å². The first-order chi connectivity index (χ1) is 8.58. The van der Waals surface area contributed by atoms with E-state index in [-0.39, 0.29) is 16.7 Å². The molecule has 5 nitrogen and oxygen atoms in total. The van der Waals surface area contributed by atoms with Crippen LogP contribution in [-0.4, -0.2) is 24.1 Å². The lowest BCUT2D eigenvalue weighted by Crippen LogP contribution is -2.20. The van der Waals surface area contributed by atoms with E-state index in [4.69, 9.17) is 5.73 Å². The Morgan fingerprint density at radius 2 is 2.11 bits per heavy atom. The third-order valence-electron chi connectivity index (χ3n) is 3.24. The lowest BCUT2D eigenvalue weighted by atomic mass is 10.1. The molecule has 18 heavy (non-hydrogen) atoms. The highest BCUT2D eigenvalue weighted by Gasteiger charge is 2.22. The second kappa shape index (κ2) is 5.35. The van der Waals surface area contributed by atoms with E-state index in [1.54, 1.807) is 6.07 Å². The quantitative estimate of drug-likeness (QED) is 0.655. The van der Waals surface area contributed by atoms with Crippen molar-refractivity contribution in [1.29, 1.82) is 0 Å². The van der Waals surface area contributed by atoms with Crippen LogP contribution in [0.1, 0.15) is 25.3 Å². The molecule has 1 fully saturated rings. The third-order valence-corrected chi connectivity index (χ3v) is 3.24. The van der Waals surface area contributed by atoms with Crippen LogP contribution in [0.5, 0.6) is 0 Å². The molecule has 0 aromatic heterocycles. The minimum atomic E-state index is -0.293. The molecule has 1 aromatic carbocycles. The number of rotatable bonds is 4. The van der Waals surface area contributed by atoms with Gasteiger partial charge in [-0.05, 0) is 37.8 Å². The lowest BCUT2D eigenvalue weighted by molar-refractivity contribution is -0.384. The molecule has 0 amide bonds. The number of nitro benzene ring substituents is 1. The van der Waals surface area contributed by atoms with Crippen molar-refractivity contribution < 1.29 is 4.92 Å². The topological polar surface area (TPSA) is 72.4 Å². The molecule has 1 unspecified atom stereocenters. The summed E-state index contributed by atoms with van der Waals surface area (Å²) in [6, 6.07) is 5.49. The Bertz CT molecular complexity index is 440. The number of nitrogens with two attached hydrogens (primary N) is 1. The van der Waals surface area contributed by atoms with Gasteiger partial charge in [-0.1, -0.05) is 6.07 Å². The molecule has 5 heteroatoms. The van der Waals surface area contributed by atoms with Gasteiger partial charge in [0.25, 0.3) is 5.69 Å². The standard InChI is InChI=1S/C13H19N3O2/c1-10(14)8-11-4-5-12(13(9-11)16(17)18)15-6-2-3-7-15/h4-5,9-10H,2-3,6-8,14H2,1H3. The maximum absolute atomic E-state index is 11.2. The molecule has 0 bridgehead atoms. The van der Waals surface area contributed by atoms with E-state index in [0.29, 0.717) is 6.42 Å². The van der Waals surface area contributed by atoms with Gasteiger partial charge in [0.05, 0.1) is 4.92 Å². The predicted octanol–water partition coefficient (Wildman–Crippen LogP) is 2.08. The number of hydrogen-bond donors (Lipinski definition) is 1. The summed E-state index contributed by atoms with van der Waals surface area (Å²) in [5.41, 5.74) is 7.61. The van der Waals surface area contributed by atoms with Crippen LogP contribution in [0, 0.1) is 10.1 Å². The van der Waals surface area contributed by atoms with E-state index in [1.807, 2.05) is 19.1 Å². The summed E-state index contributed by atoms with van der Waals surface area (Å²) in [6.07, 6.45) is 2.89. The summed E-state index contributed by atoms with van der Waals surface area (Å²) in [5.74, 6) is 0. The number of nitro groups is 1. The maximum atomic E-state index is 11.2. The van der Waals surface area contributed by atoms with Crippen molar-refractivity contribution in [3.8, 4) is 0 Å². The lowest BCUT2D eigenvalue weighted by Gasteiger charge is -2.18. The summed E-state index contributed by atoms with van der Waals surface area (Å²) in [7, 11) is 0. The first-order valence-corrected chi connectivity index (χ1v) is 6.36. The van der Waals surface area contributed by atoms with Crippen molar-refractivity contribution in [1.82, 2.24) is 0 Å². The second-order valence-corrected chi connectivity index (χ2v) is 4.96. The maximum Gasteiger partial charge on any atom is 0.292 e. The molecule has 2 rings (SSSR count). The van der Waals surface area contributed by atoms with Gasteiger partial charge >= 0.3 is 0 Å². The molecule has 0 radical (unpaired) electrons. The Labute approximate surface area is 107 Å². The molecule has 0 aliphatic carbocycles. The summed E-state index contributed by atoms with van der Waals surface area (Å²) < 4.78 is 0. The first-order valence-electron chi connectivity index (χ1n) is 6.36. The van der Waals surface area contributed by atoms with Crippen molar-refractivity contribution in [2.24, 2.45) is 5.73 Å². The number of anilines is 1. The zero-order valence-corrected chi connectivity index (χ0v) is 10.6. The highest BCUT2D eigenvalue weighted by atomic mass is 16.6. The van der Waals surface area contributed by atoms with Crippen LogP contribution in [0.4, 0.5) is 11.4 Å². The van der Waals surface area contributed by atoms with E-state index in [2.05, 4.69) is 4.90 Å². The van der Waals surface area contributed by atoms with Crippen molar-refractivity contribution >= 4 is 11.4 Å². The van der Waals surface area contributed by atoms with E-state index in [1.165, 1.54) is 0 Å². The fourth-order valence-electron chi connectivity index (χ4n) is 2.44. The van der Waals surface area contributed by atoms with Crippen LogP contribution in [0.25, 0.3) is 0 Å².